The average molecular weight is 240 g/mol. The van der Waals surface area contributed by atoms with E-state index in [2.05, 4.69) is 11.9 Å². The van der Waals surface area contributed by atoms with Crippen LogP contribution in [-0.2, 0) is 4.74 Å². The topological polar surface area (TPSA) is 38.5 Å². The average Bonchev–Trinajstić information content (AvgIpc) is 2.33. The minimum atomic E-state index is 0.479. The van der Waals surface area contributed by atoms with Crippen LogP contribution in [0, 0.1) is 11.8 Å². The van der Waals surface area contributed by atoms with Gasteiger partial charge in [-0.05, 0) is 57.4 Å². The second kappa shape index (κ2) is 6.72. The standard InChI is InChI=1S/C14H28N2O/c1-16(11-13-6-8-17-9-7-13)10-12-2-4-14(15)5-3-12/h12-14H,2-11,15H2,1H3. The van der Waals surface area contributed by atoms with E-state index in [1.807, 2.05) is 0 Å². The van der Waals surface area contributed by atoms with Crippen LogP contribution >= 0.6 is 0 Å². The number of hydrogen-bond acceptors (Lipinski definition) is 3. The van der Waals surface area contributed by atoms with Gasteiger partial charge in [0.2, 0.25) is 0 Å². The Morgan fingerprint density at radius 1 is 0.941 bits per heavy atom. The highest BCUT2D eigenvalue weighted by Crippen LogP contribution is 2.24. The van der Waals surface area contributed by atoms with Crippen molar-refractivity contribution >= 4 is 0 Å². The van der Waals surface area contributed by atoms with Crippen molar-refractivity contribution in [2.45, 2.75) is 44.6 Å². The first-order chi connectivity index (χ1) is 8.24. The molecule has 1 aliphatic heterocycles. The fourth-order valence-electron chi connectivity index (χ4n) is 3.26. The molecule has 2 fully saturated rings. The molecule has 1 heterocycles. The summed E-state index contributed by atoms with van der Waals surface area (Å²) >= 11 is 0. The van der Waals surface area contributed by atoms with Crippen molar-refractivity contribution in [2.24, 2.45) is 17.6 Å². The largest absolute Gasteiger partial charge is 0.381 e. The molecule has 0 aromatic carbocycles. The minimum absolute atomic E-state index is 0.479. The maximum absolute atomic E-state index is 5.95. The summed E-state index contributed by atoms with van der Waals surface area (Å²) in [4.78, 5) is 2.54. The summed E-state index contributed by atoms with van der Waals surface area (Å²) < 4.78 is 5.41. The third-order valence-electron chi connectivity index (χ3n) is 4.37. The van der Waals surface area contributed by atoms with Gasteiger partial charge in [-0.25, -0.2) is 0 Å². The Bertz CT molecular complexity index is 208. The summed E-state index contributed by atoms with van der Waals surface area (Å²) in [5.41, 5.74) is 5.95. The molecule has 0 amide bonds. The zero-order chi connectivity index (χ0) is 12.1. The third-order valence-corrected chi connectivity index (χ3v) is 4.37. The first-order valence-electron chi connectivity index (χ1n) is 7.26. The van der Waals surface area contributed by atoms with Crippen molar-refractivity contribution in [3.63, 3.8) is 0 Å². The summed E-state index contributed by atoms with van der Waals surface area (Å²) in [5, 5.41) is 0. The molecule has 0 unspecified atom stereocenters. The molecule has 3 nitrogen and oxygen atoms in total. The molecule has 2 rings (SSSR count). The molecular formula is C14H28N2O. The third kappa shape index (κ3) is 4.57. The number of hydrogen-bond donors (Lipinski definition) is 1. The zero-order valence-electron chi connectivity index (χ0n) is 11.2. The summed E-state index contributed by atoms with van der Waals surface area (Å²) in [6, 6.07) is 0.479. The van der Waals surface area contributed by atoms with Gasteiger partial charge in [0.05, 0.1) is 0 Å². The Labute approximate surface area is 106 Å². The van der Waals surface area contributed by atoms with Gasteiger partial charge in [0.1, 0.15) is 0 Å². The first-order valence-corrected chi connectivity index (χ1v) is 7.26. The number of nitrogens with zero attached hydrogens (tertiary/aromatic N) is 1. The lowest BCUT2D eigenvalue weighted by Gasteiger charge is -2.32. The fourth-order valence-corrected chi connectivity index (χ4v) is 3.26. The summed E-state index contributed by atoms with van der Waals surface area (Å²) in [5.74, 6) is 1.75. The van der Waals surface area contributed by atoms with E-state index in [1.165, 1.54) is 51.6 Å². The molecule has 1 aliphatic carbocycles. The quantitative estimate of drug-likeness (QED) is 0.815. The van der Waals surface area contributed by atoms with Gasteiger partial charge in [0.15, 0.2) is 0 Å². The predicted molar refractivity (Wildman–Crippen MR) is 71.0 cm³/mol. The second-order valence-corrected chi connectivity index (χ2v) is 6.06. The van der Waals surface area contributed by atoms with Crippen molar-refractivity contribution in [2.75, 3.05) is 33.4 Å². The lowest BCUT2D eigenvalue weighted by molar-refractivity contribution is 0.0530. The number of ether oxygens (including phenoxy) is 1. The summed E-state index contributed by atoms with van der Waals surface area (Å²) in [6.45, 7) is 4.46. The second-order valence-electron chi connectivity index (χ2n) is 6.06. The number of nitrogens with two attached hydrogens (primary N) is 1. The molecule has 17 heavy (non-hydrogen) atoms. The highest BCUT2D eigenvalue weighted by molar-refractivity contribution is 4.77. The van der Waals surface area contributed by atoms with Crippen LogP contribution in [0.4, 0.5) is 0 Å². The smallest absolute Gasteiger partial charge is 0.0469 e. The van der Waals surface area contributed by atoms with Gasteiger partial charge >= 0.3 is 0 Å². The van der Waals surface area contributed by atoms with Gasteiger partial charge in [-0.15, -0.1) is 0 Å². The van der Waals surface area contributed by atoms with E-state index in [4.69, 9.17) is 10.5 Å². The molecule has 0 atom stereocenters. The molecule has 100 valence electrons. The summed E-state index contributed by atoms with van der Waals surface area (Å²) in [7, 11) is 2.28. The fraction of sp³-hybridized carbons (Fsp3) is 1.00. The summed E-state index contributed by atoms with van der Waals surface area (Å²) in [6.07, 6.45) is 7.63. The van der Waals surface area contributed by atoms with E-state index >= 15 is 0 Å². The molecule has 3 heteroatoms. The number of rotatable bonds is 4. The van der Waals surface area contributed by atoms with Crippen LogP contribution in [0.25, 0.3) is 0 Å². The highest BCUT2D eigenvalue weighted by Gasteiger charge is 2.21. The van der Waals surface area contributed by atoms with Crippen LogP contribution in [0.3, 0.4) is 0 Å². The van der Waals surface area contributed by atoms with E-state index in [0.717, 1.165) is 25.0 Å². The van der Waals surface area contributed by atoms with Gasteiger partial charge in [-0.1, -0.05) is 0 Å². The highest BCUT2D eigenvalue weighted by atomic mass is 16.5. The molecule has 0 radical (unpaired) electrons. The van der Waals surface area contributed by atoms with Gasteiger partial charge in [-0.2, -0.15) is 0 Å². The van der Waals surface area contributed by atoms with Crippen LogP contribution in [0.1, 0.15) is 38.5 Å². The van der Waals surface area contributed by atoms with Crippen molar-refractivity contribution in [1.82, 2.24) is 4.90 Å². The van der Waals surface area contributed by atoms with Crippen LogP contribution < -0.4 is 5.73 Å². The van der Waals surface area contributed by atoms with Crippen molar-refractivity contribution < 1.29 is 4.74 Å². The van der Waals surface area contributed by atoms with Crippen LogP contribution in [-0.4, -0.2) is 44.3 Å². The van der Waals surface area contributed by atoms with E-state index in [0.29, 0.717) is 6.04 Å². The molecule has 0 aromatic rings. The molecular weight excluding hydrogens is 212 g/mol. The Morgan fingerprint density at radius 3 is 2.06 bits per heavy atom. The lowest BCUT2D eigenvalue weighted by Crippen LogP contribution is -2.36. The monoisotopic (exact) mass is 240 g/mol. The maximum Gasteiger partial charge on any atom is 0.0469 e. The molecule has 0 bridgehead atoms. The normalized spacial score (nSPS) is 31.9. The Hall–Kier alpha value is -0.120. The zero-order valence-corrected chi connectivity index (χ0v) is 11.2. The Balaban J connectivity index is 1.64. The van der Waals surface area contributed by atoms with Gasteiger partial charge in [-0.3, -0.25) is 0 Å². The van der Waals surface area contributed by atoms with E-state index in [1.54, 1.807) is 0 Å². The molecule has 2 aliphatic rings. The van der Waals surface area contributed by atoms with Crippen LogP contribution in [0.15, 0.2) is 0 Å². The SMILES string of the molecule is CN(CC1CCOCC1)CC1CCC(N)CC1. The first kappa shape index (κ1) is 13.3. The lowest BCUT2D eigenvalue weighted by atomic mass is 9.86. The van der Waals surface area contributed by atoms with Crippen molar-refractivity contribution in [1.29, 1.82) is 0 Å². The predicted octanol–water partition coefficient (Wildman–Crippen LogP) is 1.86. The molecule has 0 spiro atoms. The van der Waals surface area contributed by atoms with E-state index in [-0.39, 0.29) is 0 Å². The van der Waals surface area contributed by atoms with E-state index < -0.39 is 0 Å². The van der Waals surface area contributed by atoms with Gasteiger partial charge in [0, 0.05) is 32.3 Å². The van der Waals surface area contributed by atoms with E-state index in [9.17, 15) is 0 Å². The maximum atomic E-state index is 5.95. The molecule has 2 N–H and O–H groups in total. The van der Waals surface area contributed by atoms with Gasteiger partial charge in [0.25, 0.3) is 0 Å². The Morgan fingerprint density at radius 2 is 1.47 bits per heavy atom. The molecule has 1 saturated carbocycles. The van der Waals surface area contributed by atoms with Crippen molar-refractivity contribution in [3.05, 3.63) is 0 Å². The Kier molecular flexibility index (Phi) is 5.26. The van der Waals surface area contributed by atoms with Crippen LogP contribution in [0.2, 0.25) is 0 Å². The minimum Gasteiger partial charge on any atom is -0.381 e. The molecule has 0 aromatic heterocycles. The van der Waals surface area contributed by atoms with Gasteiger partial charge < -0.3 is 15.4 Å². The molecule has 1 saturated heterocycles. The van der Waals surface area contributed by atoms with Crippen LogP contribution in [0.5, 0.6) is 0 Å². The van der Waals surface area contributed by atoms with Crippen molar-refractivity contribution in [3.8, 4) is 0 Å².